The number of carboxylic acid groups (broad SMARTS) is 1. The Balaban J connectivity index is 1.90. The number of benzene rings is 1. The molecule has 1 fully saturated rings. The Bertz CT molecular complexity index is 619. The smallest absolute Gasteiger partial charge is 0.335 e. The van der Waals surface area contributed by atoms with Crippen LogP contribution in [-0.4, -0.2) is 46.9 Å². The minimum absolute atomic E-state index is 0.0372. The second-order valence-corrected chi connectivity index (χ2v) is 6.46. The van der Waals surface area contributed by atoms with Gasteiger partial charge < -0.3 is 15.3 Å². The Hall–Kier alpha value is -2.37. The maximum Gasteiger partial charge on any atom is 0.335 e. The molecule has 0 unspecified atom stereocenters. The number of carbonyl (C=O) groups is 3. The number of amides is 2. The molecule has 1 aromatic rings. The van der Waals surface area contributed by atoms with Gasteiger partial charge in [-0.1, -0.05) is 32.0 Å². The van der Waals surface area contributed by atoms with Crippen molar-refractivity contribution in [3.63, 3.8) is 0 Å². The van der Waals surface area contributed by atoms with E-state index in [0.29, 0.717) is 18.7 Å². The molecule has 2 rings (SSSR count). The molecule has 1 aliphatic heterocycles. The summed E-state index contributed by atoms with van der Waals surface area (Å²) in [7, 11) is 0. The number of carboxylic acids is 1. The van der Waals surface area contributed by atoms with Crippen LogP contribution < -0.4 is 5.32 Å². The van der Waals surface area contributed by atoms with Crippen molar-refractivity contribution in [1.29, 1.82) is 0 Å². The van der Waals surface area contributed by atoms with Gasteiger partial charge in [-0.3, -0.25) is 9.59 Å². The van der Waals surface area contributed by atoms with Crippen molar-refractivity contribution < 1.29 is 19.5 Å². The second kappa shape index (κ2) is 7.95. The summed E-state index contributed by atoms with van der Waals surface area (Å²) in [5.74, 6) is -1.10. The lowest BCUT2D eigenvalue weighted by atomic mass is 10.0. The Kier molecular flexibility index (Phi) is 5.95. The van der Waals surface area contributed by atoms with Crippen molar-refractivity contribution in [3.05, 3.63) is 35.4 Å². The minimum atomic E-state index is -1.02. The third-order valence-corrected chi connectivity index (χ3v) is 4.31. The highest BCUT2D eigenvalue weighted by atomic mass is 16.4. The normalized spacial score (nSPS) is 15.4. The van der Waals surface area contributed by atoms with Gasteiger partial charge in [-0.25, -0.2) is 4.79 Å². The van der Waals surface area contributed by atoms with Gasteiger partial charge in [-0.2, -0.15) is 0 Å². The van der Waals surface area contributed by atoms with Crippen LogP contribution in [0.15, 0.2) is 24.3 Å². The summed E-state index contributed by atoms with van der Waals surface area (Å²) < 4.78 is 0. The lowest BCUT2D eigenvalue weighted by Crippen LogP contribution is -2.47. The number of nitrogens with zero attached hydrogens (tertiary/aromatic N) is 1. The summed E-state index contributed by atoms with van der Waals surface area (Å²) in [6.45, 7) is 4.87. The van der Waals surface area contributed by atoms with Crippen molar-refractivity contribution in [2.45, 2.75) is 39.2 Å². The summed E-state index contributed by atoms with van der Waals surface area (Å²) in [4.78, 5) is 37.1. The van der Waals surface area contributed by atoms with E-state index in [-0.39, 0.29) is 35.8 Å². The lowest BCUT2D eigenvalue weighted by molar-refractivity contribution is -0.131. The molecule has 1 aliphatic rings. The maximum absolute atomic E-state index is 12.4. The fraction of sp³-hybridized carbons (Fsp3) is 0.500. The Morgan fingerprint density at radius 3 is 2.42 bits per heavy atom. The first kappa shape index (κ1) is 18.0. The van der Waals surface area contributed by atoms with Crippen molar-refractivity contribution >= 4 is 17.8 Å². The monoisotopic (exact) mass is 332 g/mol. The number of hydrogen-bond acceptors (Lipinski definition) is 3. The Morgan fingerprint density at radius 2 is 1.83 bits per heavy atom. The highest BCUT2D eigenvalue weighted by molar-refractivity contribution is 5.91. The van der Waals surface area contributed by atoms with Crippen LogP contribution >= 0.6 is 0 Å². The molecule has 6 heteroatoms. The molecule has 6 nitrogen and oxygen atoms in total. The van der Waals surface area contributed by atoms with Crippen LogP contribution in [0, 0.1) is 5.92 Å². The average Bonchev–Trinajstić information content (AvgIpc) is 2.55. The van der Waals surface area contributed by atoms with Crippen LogP contribution in [0.5, 0.6) is 0 Å². The first-order valence-corrected chi connectivity index (χ1v) is 8.28. The highest BCUT2D eigenvalue weighted by Gasteiger charge is 2.25. The van der Waals surface area contributed by atoms with Crippen molar-refractivity contribution in [2.75, 3.05) is 13.1 Å². The van der Waals surface area contributed by atoms with E-state index in [2.05, 4.69) is 5.32 Å². The van der Waals surface area contributed by atoms with Gasteiger partial charge in [0.15, 0.2) is 0 Å². The van der Waals surface area contributed by atoms with Crippen LogP contribution in [0.25, 0.3) is 0 Å². The van der Waals surface area contributed by atoms with Gasteiger partial charge in [0.05, 0.1) is 12.0 Å². The highest BCUT2D eigenvalue weighted by Crippen LogP contribution is 2.15. The quantitative estimate of drug-likeness (QED) is 0.859. The van der Waals surface area contributed by atoms with Crippen LogP contribution in [0.4, 0.5) is 0 Å². The molecule has 2 amide bonds. The number of nitrogens with one attached hydrogen (secondary N) is 1. The lowest BCUT2D eigenvalue weighted by Gasteiger charge is -2.33. The molecular formula is C18H24N2O4. The molecule has 1 heterocycles. The van der Waals surface area contributed by atoms with Gasteiger partial charge in [-0.05, 0) is 24.5 Å². The predicted molar refractivity (Wildman–Crippen MR) is 89.7 cm³/mol. The molecule has 1 aromatic carbocycles. The van der Waals surface area contributed by atoms with E-state index in [1.54, 1.807) is 23.1 Å². The molecule has 0 aliphatic carbocycles. The van der Waals surface area contributed by atoms with Gasteiger partial charge in [0.1, 0.15) is 0 Å². The first-order valence-electron chi connectivity index (χ1n) is 8.28. The standard InChI is InChI=1S/C18H24N2O4/c1-12(2)17(22)19-14-7-9-20(10-8-14)16(21)11-13-5-3-4-6-15(13)18(23)24/h3-6,12,14H,7-11H2,1-2H3,(H,19,22)(H,23,24). The fourth-order valence-electron chi connectivity index (χ4n) is 2.80. The third kappa shape index (κ3) is 4.57. The zero-order valence-corrected chi connectivity index (χ0v) is 14.1. The molecule has 24 heavy (non-hydrogen) atoms. The van der Waals surface area contributed by atoms with Crippen molar-refractivity contribution in [1.82, 2.24) is 10.2 Å². The van der Waals surface area contributed by atoms with Gasteiger partial charge >= 0.3 is 5.97 Å². The molecule has 0 saturated carbocycles. The van der Waals surface area contributed by atoms with E-state index < -0.39 is 5.97 Å². The summed E-state index contributed by atoms with van der Waals surface area (Å²) in [6.07, 6.45) is 1.54. The first-order chi connectivity index (χ1) is 11.4. The van der Waals surface area contributed by atoms with Crippen LogP contribution in [0.2, 0.25) is 0 Å². The molecular weight excluding hydrogens is 308 g/mol. The van der Waals surface area contributed by atoms with Gasteiger partial charge in [0.25, 0.3) is 0 Å². The van der Waals surface area contributed by atoms with Crippen molar-refractivity contribution in [3.8, 4) is 0 Å². The zero-order valence-electron chi connectivity index (χ0n) is 14.1. The number of rotatable bonds is 5. The van der Waals surface area contributed by atoms with E-state index in [1.165, 1.54) is 6.07 Å². The van der Waals surface area contributed by atoms with E-state index in [0.717, 1.165) is 12.8 Å². The molecule has 0 spiro atoms. The largest absolute Gasteiger partial charge is 0.478 e. The van der Waals surface area contributed by atoms with E-state index in [9.17, 15) is 19.5 Å². The van der Waals surface area contributed by atoms with Crippen LogP contribution in [0.1, 0.15) is 42.6 Å². The van der Waals surface area contributed by atoms with Crippen molar-refractivity contribution in [2.24, 2.45) is 5.92 Å². The van der Waals surface area contributed by atoms with Crippen LogP contribution in [0.3, 0.4) is 0 Å². The topological polar surface area (TPSA) is 86.7 Å². The van der Waals surface area contributed by atoms with E-state index in [4.69, 9.17) is 0 Å². The van der Waals surface area contributed by atoms with Crippen LogP contribution in [-0.2, 0) is 16.0 Å². The summed E-state index contributed by atoms with van der Waals surface area (Å²) >= 11 is 0. The Morgan fingerprint density at radius 1 is 1.21 bits per heavy atom. The van der Waals surface area contributed by atoms with E-state index in [1.807, 2.05) is 13.8 Å². The second-order valence-electron chi connectivity index (χ2n) is 6.46. The number of piperidine rings is 1. The minimum Gasteiger partial charge on any atom is -0.478 e. The molecule has 0 radical (unpaired) electrons. The number of carbonyl (C=O) groups excluding carboxylic acids is 2. The zero-order chi connectivity index (χ0) is 17.7. The molecule has 0 bridgehead atoms. The molecule has 0 atom stereocenters. The fourth-order valence-corrected chi connectivity index (χ4v) is 2.80. The number of aromatic carboxylic acids is 1. The molecule has 1 saturated heterocycles. The van der Waals surface area contributed by atoms with E-state index >= 15 is 0 Å². The average molecular weight is 332 g/mol. The summed E-state index contributed by atoms with van der Waals surface area (Å²) in [5, 5.41) is 12.2. The Labute approximate surface area is 141 Å². The predicted octanol–water partition coefficient (Wildman–Crippen LogP) is 1.69. The maximum atomic E-state index is 12.4. The SMILES string of the molecule is CC(C)C(=O)NC1CCN(C(=O)Cc2ccccc2C(=O)O)CC1. The van der Waals surface area contributed by atoms with Gasteiger partial charge in [0, 0.05) is 25.0 Å². The number of likely N-dealkylation sites (tertiary alicyclic amines) is 1. The third-order valence-electron chi connectivity index (χ3n) is 4.31. The number of hydrogen-bond donors (Lipinski definition) is 2. The van der Waals surface area contributed by atoms with Gasteiger partial charge in [0.2, 0.25) is 11.8 Å². The summed E-state index contributed by atoms with van der Waals surface area (Å²) in [6, 6.07) is 6.69. The molecule has 130 valence electrons. The molecule has 0 aromatic heterocycles. The summed E-state index contributed by atoms with van der Waals surface area (Å²) in [5.41, 5.74) is 0.704. The van der Waals surface area contributed by atoms with Gasteiger partial charge in [-0.15, -0.1) is 0 Å². The molecule has 2 N–H and O–H groups in total.